The lowest BCUT2D eigenvalue weighted by atomic mass is 9.99. The predicted molar refractivity (Wildman–Crippen MR) is 88.1 cm³/mol. The van der Waals surface area contributed by atoms with E-state index in [2.05, 4.69) is 37.3 Å². The van der Waals surface area contributed by atoms with Crippen LogP contribution in [0.2, 0.25) is 0 Å². The zero-order valence-electron chi connectivity index (χ0n) is 12.9. The Morgan fingerprint density at radius 2 is 1.62 bits per heavy atom. The lowest BCUT2D eigenvalue weighted by Gasteiger charge is -2.21. The molecule has 0 N–H and O–H groups in total. The van der Waals surface area contributed by atoms with E-state index in [1.165, 1.54) is 10.8 Å². The van der Waals surface area contributed by atoms with Crippen LogP contribution < -0.4 is 0 Å². The highest BCUT2D eigenvalue weighted by Gasteiger charge is 2.27. The normalized spacial score (nSPS) is 13.5. The van der Waals surface area contributed by atoms with E-state index in [1.54, 1.807) is 0 Å². The highest BCUT2D eigenvalue weighted by atomic mass is 31.2. The molecule has 21 heavy (non-hydrogen) atoms. The van der Waals surface area contributed by atoms with Gasteiger partial charge in [-0.25, -0.2) is 0 Å². The van der Waals surface area contributed by atoms with Gasteiger partial charge in [-0.05, 0) is 36.1 Å². The highest BCUT2D eigenvalue weighted by molar-refractivity contribution is 7.53. The van der Waals surface area contributed by atoms with Crippen molar-refractivity contribution < 1.29 is 13.6 Å². The number of hydrogen-bond donors (Lipinski definition) is 0. The van der Waals surface area contributed by atoms with E-state index in [0.29, 0.717) is 19.4 Å². The van der Waals surface area contributed by atoms with Crippen molar-refractivity contribution in [1.29, 1.82) is 0 Å². The fourth-order valence-electron chi connectivity index (χ4n) is 2.49. The molecule has 0 aromatic heterocycles. The summed E-state index contributed by atoms with van der Waals surface area (Å²) >= 11 is 0. The summed E-state index contributed by atoms with van der Waals surface area (Å²) < 4.78 is 23.4. The topological polar surface area (TPSA) is 35.5 Å². The molecule has 0 aliphatic heterocycles. The number of hydrogen-bond acceptors (Lipinski definition) is 3. The first-order chi connectivity index (χ1) is 10.1. The first kappa shape index (κ1) is 16.2. The van der Waals surface area contributed by atoms with Gasteiger partial charge in [0.15, 0.2) is 0 Å². The molecule has 4 heteroatoms. The van der Waals surface area contributed by atoms with Gasteiger partial charge in [-0.1, -0.05) is 49.4 Å². The van der Waals surface area contributed by atoms with E-state index in [4.69, 9.17) is 9.05 Å². The van der Waals surface area contributed by atoms with E-state index >= 15 is 0 Å². The SMILES string of the molecule is CCOP(=O)(CC(C)c1ccc2ccccc2c1)OCC. The summed E-state index contributed by atoms with van der Waals surface area (Å²) in [5.74, 6) is 0.124. The third kappa shape index (κ3) is 4.16. The summed E-state index contributed by atoms with van der Waals surface area (Å²) in [7, 11) is -3.00. The Hall–Kier alpha value is -1.15. The Kier molecular flexibility index (Phi) is 5.58. The van der Waals surface area contributed by atoms with Crippen LogP contribution >= 0.6 is 7.60 Å². The lowest BCUT2D eigenvalue weighted by Crippen LogP contribution is -2.06. The number of fused-ring (bicyclic) bond motifs is 1. The second kappa shape index (κ2) is 7.22. The van der Waals surface area contributed by atoms with E-state index < -0.39 is 7.60 Å². The van der Waals surface area contributed by atoms with E-state index in [0.717, 1.165) is 5.56 Å². The molecule has 2 rings (SSSR count). The third-order valence-electron chi connectivity index (χ3n) is 3.49. The Labute approximate surface area is 126 Å². The van der Waals surface area contributed by atoms with Crippen LogP contribution in [0.5, 0.6) is 0 Å². The smallest absolute Gasteiger partial charge is 0.309 e. The number of rotatable bonds is 7. The summed E-state index contributed by atoms with van der Waals surface area (Å²) in [5, 5.41) is 2.41. The van der Waals surface area contributed by atoms with Crippen molar-refractivity contribution in [3.63, 3.8) is 0 Å². The molecule has 1 unspecified atom stereocenters. The van der Waals surface area contributed by atoms with E-state index in [1.807, 2.05) is 26.0 Å². The lowest BCUT2D eigenvalue weighted by molar-refractivity contribution is 0.219. The largest absolute Gasteiger partial charge is 0.331 e. The van der Waals surface area contributed by atoms with Crippen molar-refractivity contribution >= 4 is 18.4 Å². The molecule has 2 aromatic carbocycles. The molecular weight excluding hydrogens is 283 g/mol. The second-order valence-electron chi connectivity index (χ2n) is 5.14. The average Bonchev–Trinajstić information content (AvgIpc) is 2.47. The maximum Gasteiger partial charge on any atom is 0.331 e. The van der Waals surface area contributed by atoms with Gasteiger partial charge in [-0.15, -0.1) is 0 Å². The fourth-order valence-corrected chi connectivity index (χ4v) is 4.44. The maximum absolute atomic E-state index is 12.6. The minimum absolute atomic E-state index is 0.124. The van der Waals surface area contributed by atoms with Gasteiger partial charge >= 0.3 is 7.60 Å². The highest BCUT2D eigenvalue weighted by Crippen LogP contribution is 2.51. The number of benzene rings is 2. The molecule has 0 bridgehead atoms. The third-order valence-corrected chi connectivity index (χ3v) is 5.79. The molecule has 0 radical (unpaired) electrons. The zero-order chi connectivity index (χ0) is 15.3. The van der Waals surface area contributed by atoms with Crippen molar-refractivity contribution in [3.8, 4) is 0 Å². The van der Waals surface area contributed by atoms with Crippen LogP contribution in [0, 0.1) is 0 Å². The summed E-state index contributed by atoms with van der Waals surface area (Å²) in [6.07, 6.45) is 0.410. The van der Waals surface area contributed by atoms with Gasteiger partial charge in [0.05, 0.1) is 19.4 Å². The van der Waals surface area contributed by atoms with Crippen LogP contribution in [0.15, 0.2) is 42.5 Å². The van der Waals surface area contributed by atoms with Crippen molar-refractivity contribution in [1.82, 2.24) is 0 Å². The van der Waals surface area contributed by atoms with Crippen molar-refractivity contribution in [3.05, 3.63) is 48.0 Å². The molecule has 0 heterocycles. The van der Waals surface area contributed by atoms with Crippen molar-refractivity contribution in [2.75, 3.05) is 19.4 Å². The summed E-state index contributed by atoms with van der Waals surface area (Å²) in [4.78, 5) is 0. The molecular formula is C17H23O3P. The van der Waals surface area contributed by atoms with Gasteiger partial charge in [0, 0.05) is 0 Å². The molecule has 1 atom stereocenters. The average molecular weight is 306 g/mol. The second-order valence-corrected chi connectivity index (χ2v) is 7.24. The van der Waals surface area contributed by atoms with Crippen LogP contribution in [-0.2, 0) is 13.6 Å². The van der Waals surface area contributed by atoms with E-state index in [-0.39, 0.29) is 5.92 Å². The van der Waals surface area contributed by atoms with Crippen molar-refractivity contribution in [2.24, 2.45) is 0 Å². The van der Waals surface area contributed by atoms with Gasteiger partial charge in [0.1, 0.15) is 0 Å². The van der Waals surface area contributed by atoms with Gasteiger partial charge in [-0.3, -0.25) is 4.57 Å². The van der Waals surface area contributed by atoms with Crippen LogP contribution in [0.25, 0.3) is 10.8 Å². The van der Waals surface area contributed by atoms with Crippen LogP contribution in [0.3, 0.4) is 0 Å². The zero-order valence-corrected chi connectivity index (χ0v) is 13.8. The van der Waals surface area contributed by atoms with Crippen LogP contribution in [0.4, 0.5) is 0 Å². The monoisotopic (exact) mass is 306 g/mol. The summed E-state index contributed by atoms with van der Waals surface area (Å²) in [6, 6.07) is 14.6. The first-order valence-corrected chi connectivity index (χ1v) is 9.17. The quantitative estimate of drug-likeness (QED) is 0.659. The minimum Gasteiger partial charge on any atom is -0.309 e. The predicted octanol–water partition coefficient (Wildman–Crippen LogP) is 5.21. The maximum atomic E-state index is 12.6. The summed E-state index contributed by atoms with van der Waals surface area (Å²) in [6.45, 7) is 6.55. The Bertz CT molecular complexity index is 629. The Morgan fingerprint density at radius 3 is 2.24 bits per heavy atom. The molecule has 0 saturated heterocycles. The molecule has 0 fully saturated rings. The molecule has 114 valence electrons. The minimum atomic E-state index is -3.00. The molecule has 0 aliphatic carbocycles. The molecule has 0 saturated carbocycles. The Morgan fingerprint density at radius 1 is 1.00 bits per heavy atom. The molecule has 0 amide bonds. The standard InChI is InChI=1S/C17H23O3P/c1-4-19-21(18,20-5-2)13-14(3)16-11-10-15-8-6-7-9-17(15)12-16/h6-12,14H,4-5,13H2,1-3H3. The van der Waals surface area contributed by atoms with Gasteiger partial charge in [0.25, 0.3) is 0 Å². The Balaban J connectivity index is 2.20. The molecule has 2 aromatic rings. The van der Waals surface area contributed by atoms with Crippen molar-refractivity contribution in [2.45, 2.75) is 26.7 Å². The fraction of sp³-hybridized carbons (Fsp3) is 0.412. The molecule has 0 aliphatic rings. The van der Waals surface area contributed by atoms with Gasteiger partial charge < -0.3 is 9.05 Å². The summed E-state index contributed by atoms with van der Waals surface area (Å²) in [5.41, 5.74) is 1.16. The molecule has 0 spiro atoms. The van der Waals surface area contributed by atoms with E-state index in [9.17, 15) is 4.57 Å². The first-order valence-electron chi connectivity index (χ1n) is 7.45. The molecule has 3 nitrogen and oxygen atoms in total. The van der Waals surface area contributed by atoms with Crippen LogP contribution in [0.1, 0.15) is 32.3 Å². The van der Waals surface area contributed by atoms with Gasteiger partial charge in [-0.2, -0.15) is 0 Å². The van der Waals surface area contributed by atoms with Gasteiger partial charge in [0.2, 0.25) is 0 Å². The van der Waals surface area contributed by atoms with Crippen LogP contribution in [-0.4, -0.2) is 19.4 Å².